The summed E-state index contributed by atoms with van der Waals surface area (Å²) in [4.78, 5) is 0. The van der Waals surface area contributed by atoms with E-state index in [0.717, 1.165) is 18.5 Å². The fourth-order valence-electron chi connectivity index (χ4n) is 2.36. The molecule has 108 valence electrons. The van der Waals surface area contributed by atoms with E-state index in [-0.39, 0.29) is 10.8 Å². The van der Waals surface area contributed by atoms with E-state index in [9.17, 15) is 4.39 Å². The van der Waals surface area contributed by atoms with Crippen LogP contribution in [0.3, 0.4) is 0 Å². The number of hydrogen-bond donors (Lipinski definition) is 1. The zero-order valence-electron chi connectivity index (χ0n) is 11.9. The summed E-state index contributed by atoms with van der Waals surface area (Å²) in [6, 6.07) is 7.44. The smallest absolute Gasteiger partial charge is 0.142 e. The molecule has 2 aromatic rings. The molecule has 0 saturated heterocycles. The second kappa shape index (κ2) is 6.91. The third-order valence-electron chi connectivity index (χ3n) is 3.38. The zero-order valence-corrected chi connectivity index (χ0v) is 12.6. The van der Waals surface area contributed by atoms with E-state index in [1.54, 1.807) is 6.07 Å². The lowest BCUT2D eigenvalue weighted by Gasteiger charge is -2.14. The van der Waals surface area contributed by atoms with Gasteiger partial charge in [-0.2, -0.15) is 0 Å². The SMILES string of the molecule is CCNC(CC)c1ccn(Cc2ccc(Cl)c(F)c2)c1. The molecule has 0 bridgehead atoms. The van der Waals surface area contributed by atoms with Crippen molar-refractivity contribution in [3.8, 4) is 0 Å². The molecule has 1 atom stereocenters. The number of halogens is 2. The van der Waals surface area contributed by atoms with Crippen molar-refractivity contribution in [3.05, 3.63) is 58.6 Å². The molecule has 0 fully saturated rings. The lowest BCUT2D eigenvalue weighted by molar-refractivity contribution is 0.536. The molecular weight excluding hydrogens is 275 g/mol. The standard InChI is InChI=1S/C16H20ClFN2/c1-3-16(19-4-2)13-7-8-20(11-13)10-12-5-6-14(17)15(18)9-12/h5-9,11,16,19H,3-4,10H2,1-2H3. The Morgan fingerprint density at radius 3 is 2.75 bits per heavy atom. The highest BCUT2D eigenvalue weighted by atomic mass is 35.5. The van der Waals surface area contributed by atoms with E-state index in [4.69, 9.17) is 11.6 Å². The molecule has 1 aromatic carbocycles. The first-order valence-electron chi connectivity index (χ1n) is 6.97. The van der Waals surface area contributed by atoms with E-state index in [2.05, 4.69) is 36.0 Å². The molecule has 0 radical (unpaired) electrons. The van der Waals surface area contributed by atoms with Gasteiger partial charge in [0.05, 0.1) is 5.02 Å². The summed E-state index contributed by atoms with van der Waals surface area (Å²) in [5.74, 6) is -0.365. The lowest BCUT2D eigenvalue weighted by Crippen LogP contribution is -2.19. The van der Waals surface area contributed by atoms with Crippen LogP contribution in [0.15, 0.2) is 36.7 Å². The molecule has 0 saturated carbocycles. The zero-order chi connectivity index (χ0) is 14.5. The predicted molar refractivity (Wildman–Crippen MR) is 81.7 cm³/mol. The monoisotopic (exact) mass is 294 g/mol. The molecule has 2 rings (SSSR count). The maximum atomic E-state index is 13.4. The number of hydrogen-bond acceptors (Lipinski definition) is 1. The van der Waals surface area contributed by atoms with E-state index in [1.807, 2.05) is 12.3 Å². The Balaban J connectivity index is 2.10. The van der Waals surface area contributed by atoms with Gasteiger partial charge in [-0.05, 0) is 42.3 Å². The minimum atomic E-state index is -0.365. The number of nitrogens with zero attached hydrogens (tertiary/aromatic N) is 1. The van der Waals surface area contributed by atoms with Crippen molar-refractivity contribution < 1.29 is 4.39 Å². The van der Waals surface area contributed by atoms with Gasteiger partial charge in [-0.1, -0.05) is 31.5 Å². The summed E-state index contributed by atoms with van der Waals surface area (Å²) in [6.45, 7) is 5.87. The third-order valence-corrected chi connectivity index (χ3v) is 3.69. The summed E-state index contributed by atoms with van der Waals surface area (Å²) in [5.41, 5.74) is 2.18. The van der Waals surface area contributed by atoms with Crippen molar-refractivity contribution in [3.63, 3.8) is 0 Å². The normalized spacial score (nSPS) is 12.6. The van der Waals surface area contributed by atoms with Gasteiger partial charge in [0.25, 0.3) is 0 Å². The summed E-state index contributed by atoms with van der Waals surface area (Å²) >= 11 is 5.69. The van der Waals surface area contributed by atoms with Crippen LogP contribution in [0.1, 0.15) is 37.4 Å². The minimum absolute atomic E-state index is 0.167. The highest BCUT2D eigenvalue weighted by Gasteiger charge is 2.09. The van der Waals surface area contributed by atoms with Crippen LogP contribution in [0.4, 0.5) is 4.39 Å². The third kappa shape index (κ3) is 3.62. The summed E-state index contributed by atoms with van der Waals surface area (Å²) in [6.07, 6.45) is 5.19. The van der Waals surface area contributed by atoms with Crippen LogP contribution in [0, 0.1) is 5.82 Å². The van der Waals surface area contributed by atoms with Gasteiger partial charge >= 0.3 is 0 Å². The van der Waals surface area contributed by atoms with Crippen molar-refractivity contribution in [2.45, 2.75) is 32.9 Å². The van der Waals surface area contributed by atoms with Gasteiger partial charge < -0.3 is 9.88 Å². The van der Waals surface area contributed by atoms with Gasteiger partial charge in [-0.25, -0.2) is 4.39 Å². The molecule has 0 amide bonds. The lowest BCUT2D eigenvalue weighted by atomic mass is 10.1. The Labute approximate surface area is 124 Å². The molecule has 2 nitrogen and oxygen atoms in total. The Morgan fingerprint density at radius 2 is 2.10 bits per heavy atom. The van der Waals surface area contributed by atoms with Crippen molar-refractivity contribution in [2.24, 2.45) is 0 Å². The van der Waals surface area contributed by atoms with Crippen LogP contribution < -0.4 is 5.32 Å². The van der Waals surface area contributed by atoms with Crippen molar-refractivity contribution in [1.82, 2.24) is 9.88 Å². The topological polar surface area (TPSA) is 17.0 Å². The van der Waals surface area contributed by atoms with Gasteiger partial charge in [-0.3, -0.25) is 0 Å². The van der Waals surface area contributed by atoms with Gasteiger partial charge in [-0.15, -0.1) is 0 Å². The fourth-order valence-corrected chi connectivity index (χ4v) is 2.47. The van der Waals surface area contributed by atoms with Gasteiger partial charge in [0, 0.05) is 25.0 Å². The first kappa shape index (κ1) is 15.1. The molecule has 20 heavy (non-hydrogen) atoms. The molecule has 1 unspecified atom stereocenters. The van der Waals surface area contributed by atoms with Gasteiger partial charge in [0.1, 0.15) is 5.82 Å². The molecule has 0 aliphatic heterocycles. The van der Waals surface area contributed by atoms with Crippen molar-refractivity contribution >= 4 is 11.6 Å². The van der Waals surface area contributed by atoms with E-state index >= 15 is 0 Å². The second-order valence-corrected chi connectivity index (χ2v) is 5.29. The average molecular weight is 295 g/mol. The molecule has 0 spiro atoms. The van der Waals surface area contributed by atoms with Crippen molar-refractivity contribution in [2.75, 3.05) is 6.54 Å². The number of rotatable bonds is 6. The summed E-state index contributed by atoms with van der Waals surface area (Å²) in [5, 5.41) is 3.62. The Hall–Kier alpha value is -1.32. The van der Waals surface area contributed by atoms with Gasteiger partial charge in [0.15, 0.2) is 0 Å². The fraction of sp³-hybridized carbons (Fsp3) is 0.375. The molecule has 0 aliphatic carbocycles. The largest absolute Gasteiger partial charge is 0.350 e. The number of benzene rings is 1. The Kier molecular flexibility index (Phi) is 5.21. The maximum Gasteiger partial charge on any atom is 0.142 e. The Morgan fingerprint density at radius 1 is 1.30 bits per heavy atom. The van der Waals surface area contributed by atoms with E-state index in [0.29, 0.717) is 12.6 Å². The van der Waals surface area contributed by atoms with E-state index < -0.39 is 0 Å². The minimum Gasteiger partial charge on any atom is -0.350 e. The quantitative estimate of drug-likeness (QED) is 0.836. The Bertz CT molecular complexity index is 565. The number of aromatic nitrogens is 1. The first-order chi connectivity index (χ1) is 9.63. The van der Waals surface area contributed by atoms with Crippen LogP contribution in [-0.4, -0.2) is 11.1 Å². The molecule has 0 aliphatic rings. The first-order valence-corrected chi connectivity index (χ1v) is 7.34. The van der Waals surface area contributed by atoms with Gasteiger partial charge in [0.2, 0.25) is 0 Å². The van der Waals surface area contributed by atoms with Crippen molar-refractivity contribution in [1.29, 1.82) is 0 Å². The van der Waals surface area contributed by atoms with Crippen LogP contribution in [0.5, 0.6) is 0 Å². The van der Waals surface area contributed by atoms with Crippen LogP contribution >= 0.6 is 11.6 Å². The molecule has 1 aromatic heterocycles. The predicted octanol–water partition coefficient (Wildman–Crippen LogP) is 4.39. The molecule has 1 heterocycles. The van der Waals surface area contributed by atoms with E-state index in [1.165, 1.54) is 11.6 Å². The molecular formula is C16H20ClFN2. The second-order valence-electron chi connectivity index (χ2n) is 4.88. The molecule has 4 heteroatoms. The van der Waals surface area contributed by atoms with Crippen LogP contribution in [0.2, 0.25) is 5.02 Å². The summed E-state index contributed by atoms with van der Waals surface area (Å²) < 4.78 is 15.5. The van der Waals surface area contributed by atoms with Crippen LogP contribution in [0.25, 0.3) is 0 Å². The van der Waals surface area contributed by atoms with Crippen LogP contribution in [-0.2, 0) is 6.54 Å². The summed E-state index contributed by atoms with van der Waals surface area (Å²) in [7, 11) is 0. The maximum absolute atomic E-state index is 13.4. The molecule has 1 N–H and O–H groups in total. The highest BCUT2D eigenvalue weighted by Crippen LogP contribution is 2.19. The highest BCUT2D eigenvalue weighted by molar-refractivity contribution is 6.30. The average Bonchev–Trinajstić information content (AvgIpc) is 2.88. The number of nitrogens with one attached hydrogen (secondary N) is 1.